The number of nitrogens with two attached hydrogens (primary N) is 1. The van der Waals surface area contributed by atoms with Crippen LogP contribution < -0.4 is 10.5 Å². The fourth-order valence-electron chi connectivity index (χ4n) is 1.83. The molecule has 0 amide bonds. The molecule has 0 aliphatic heterocycles. The van der Waals surface area contributed by atoms with E-state index < -0.39 is 17.7 Å². The topological polar surface area (TPSA) is 35.2 Å². The Labute approximate surface area is 128 Å². The van der Waals surface area contributed by atoms with Gasteiger partial charge in [0.15, 0.2) is 11.6 Å². The number of rotatable bonds is 4. The smallest absolute Gasteiger partial charge is 0.200 e. The Hall–Kier alpha value is -0.980. The van der Waals surface area contributed by atoms with Crippen molar-refractivity contribution in [3.63, 3.8) is 0 Å². The second-order valence-electron chi connectivity index (χ2n) is 4.57. The maximum atomic E-state index is 13.8. The number of benzene rings is 1. The molecule has 2 aromatic rings. The average Bonchev–Trinajstić information content (AvgIpc) is 2.77. The van der Waals surface area contributed by atoms with Gasteiger partial charge in [0.25, 0.3) is 0 Å². The van der Waals surface area contributed by atoms with Crippen LogP contribution in [0.25, 0.3) is 0 Å². The van der Waals surface area contributed by atoms with Gasteiger partial charge in [-0.25, -0.2) is 4.39 Å². The van der Waals surface area contributed by atoms with Crippen LogP contribution in [-0.4, -0.2) is 6.04 Å². The molecule has 0 aliphatic rings. The summed E-state index contributed by atoms with van der Waals surface area (Å²) in [7, 11) is 0. The van der Waals surface area contributed by atoms with Gasteiger partial charge in [-0.1, -0.05) is 15.9 Å². The van der Waals surface area contributed by atoms with Gasteiger partial charge in [0.1, 0.15) is 6.10 Å². The SMILES string of the molecule is Cc1ccsc1C(Oc1cc(Br)cc(F)c1F)C(C)N. The minimum Gasteiger partial charge on any atom is -0.480 e. The molecule has 0 fully saturated rings. The van der Waals surface area contributed by atoms with Gasteiger partial charge < -0.3 is 10.5 Å². The summed E-state index contributed by atoms with van der Waals surface area (Å²) in [5, 5.41) is 1.92. The molecule has 0 radical (unpaired) electrons. The van der Waals surface area contributed by atoms with Crippen molar-refractivity contribution in [2.24, 2.45) is 5.73 Å². The number of hydrogen-bond acceptors (Lipinski definition) is 3. The molecule has 0 bridgehead atoms. The van der Waals surface area contributed by atoms with E-state index in [1.54, 1.807) is 6.92 Å². The Kier molecular flexibility index (Phi) is 4.78. The van der Waals surface area contributed by atoms with Gasteiger partial charge in [-0.3, -0.25) is 0 Å². The lowest BCUT2D eigenvalue weighted by atomic mass is 10.1. The van der Waals surface area contributed by atoms with Crippen LogP contribution in [0.15, 0.2) is 28.1 Å². The first-order valence-electron chi connectivity index (χ1n) is 6.01. The normalized spacial score (nSPS) is 14.1. The molecule has 1 aromatic heterocycles. The third-order valence-electron chi connectivity index (χ3n) is 2.85. The second-order valence-corrected chi connectivity index (χ2v) is 6.43. The molecule has 2 nitrogen and oxygen atoms in total. The Morgan fingerprint density at radius 1 is 1.35 bits per heavy atom. The Balaban J connectivity index is 2.37. The Morgan fingerprint density at radius 3 is 2.60 bits per heavy atom. The van der Waals surface area contributed by atoms with E-state index in [0.29, 0.717) is 4.47 Å². The van der Waals surface area contributed by atoms with E-state index in [9.17, 15) is 8.78 Å². The van der Waals surface area contributed by atoms with Crippen LogP contribution >= 0.6 is 27.3 Å². The van der Waals surface area contributed by atoms with Crippen LogP contribution in [0.4, 0.5) is 8.78 Å². The molecule has 0 saturated carbocycles. The van der Waals surface area contributed by atoms with E-state index in [2.05, 4.69) is 15.9 Å². The summed E-state index contributed by atoms with van der Waals surface area (Å²) in [5.41, 5.74) is 6.95. The third-order valence-corrected chi connectivity index (χ3v) is 4.39. The third kappa shape index (κ3) is 3.19. The van der Waals surface area contributed by atoms with Gasteiger partial charge in [-0.15, -0.1) is 11.3 Å². The zero-order chi connectivity index (χ0) is 14.9. The van der Waals surface area contributed by atoms with Crippen molar-refractivity contribution >= 4 is 27.3 Å². The summed E-state index contributed by atoms with van der Waals surface area (Å²) < 4.78 is 33.2. The van der Waals surface area contributed by atoms with E-state index in [1.165, 1.54) is 17.4 Å². The van der Waals surface area contributed by atoms with Gasteiger partial charge in [0.05, 0.1) is 0 Å². The molecule has 2 rings (SSSR count). The highest BCUT2D eigenvalue weighted by Gasteiger charge is 2.24. The van der Waals surface area contributed by atoms with Crippen molar-refractivity contribution in [3.05, 3.63) is 50.1 Å². The number of ether oxygens (including phenoxy) is 1. The first-order valence-corrected chi connectivity index (χ1v) is 7.68. The summed E-state index contributed by atoms with van der Waals surface area (Å²) in [5.74, 6) is -2.11. The van der Waals surface area contributed by atoms with E-state index in [4.69, 9.17) is 10.5 Å². The molecule has 2 N–H and O–H groups in total. The maximum absolute atomic E-state index is 13.8. The van der Waals surface area contributed by atoms with Crippen molar-refractivity contribution in [2.45, 2.75) is 26.0 Å². The maximum Gasteiger partial charge on any atom is 0.200 e. The number of thiophene rings is 1. The summed E-state index contributed by atoms with van der Waals surface area (Å²) in [6, 6.07) is 4.04. The van der Waals surface area contributed by atoms with Crippen molar-refractivity contribution in [1.29, 1.82) is 0 Å². The number of aryl methyl sites for hydroxylation is 1. The molecule has 0 spiro atoms. The fourth-order valence-corrected chi connectivity index (χ4v) is 3.31. The van der Waals surface area contributed by atoms with Crippen molar-refractivity contribution < 1.29 is 13.5 Å². The number of halogens is 3. The molecule has 108 valence electrons. The average molecular weight is 362 g/mol. The van der Waals surface area contributed by atoms with Crippen LogP contribution in [0, 0.1) is 18.6 Å². The van der Waals surface area contributed by atoms with Gasteiger partial charge in [-0.05, 0) is 43.0 Å². The highest BCUT2D eigenvalue weighted by atomic mass is 79.9. The first kappa shape index (κ1) is 15.4. The Bertz CT molecular complexity index is 615. The van der Waals surface area contributed by atoms with Crippen LogP contribution in [0.5, 0.6) is 5.75 Å². The molecular formula is C14H14BrF2NOS. The predicted molar refractivity (Wildman–Crippen MR) is 80.1 cm³/mol. The van der Waals surface area contributed by atoms with E-state index in [-0.39, 0.29) is 11.8 Å². The second kappa shape index (κ2) is 6.20. The summed E-state index contributed by atoms with van der Waals surface area (Å²) in [6.45, 7) is 3.71. The summed E-state index contributed by atoms with van der Waals surface area (Å²) in [4.78, 5) is 0.916. The highest BCUT2D eigenvalue weighted by molar-refractivity contribution is 9.10. The largest absolute Gasteiger partial charge is 0.480 e. The number of hydrogen-bond donors (Lipinski definition) is 1. The van der Waals surface area contributed by atoms with Gasteiger partial charge >= 0.3 is 0 Å². The first-order chi connectivity index (χ1) is 9.40. The zero-order valence-electron chi connectivity index (χ0n) is 11.0. The van der Waals surface area contributed by atoms with Gasteiger partial charge in [0, 0.05) is 15.4 Å². The standard InChI is InChI=1S/C14H14BrF2NOS/c1-7-3-4-20-14(7)13(8(2)18)19-11-6-9(15)5-10(16)12(11)17/h3-6,8,13H,18H2,1-2H3. The fraction of sp³-hybridized carbons (Fsp3) is 0.286. The van der Waals surface area contributed by atoms with Crippen molar-refractivity contribution in [1.82, 2.24) is 0 Å². The summed E-state index contributed by atoms with van der Waals surface area (Å²) >= 11 is 4.61. The lowest BCUT2D eigenvalue weighted by Gasteiger charge is -2.23. The monoisotopic (exact) mass is 361 g/mol. The minimum atomic E-state index is -1.01. The van der Waals surface area contributed by atoms with Crippen LogP contribution in [0.2, 0.25) is 0 Å². The molecule has 1 heterocycles. The zero-order valence-corrected chi connectivity index (χ0v) is 13.4. The highest BCUT2D eigenvalue weighted by Crippen LogP contribution is 2.33. The summed E-state index contributed by atoms with van der Waals surface area (Å²) in [6.07, 6.45) is -0.516. The van der Waals surface area contributed by atoms with Gasteiger partial charge in [-0.2, -0.15) is 4.39 Å². The molecular weight excluding hydrogens is 348 g/mol. The van der Waals surface area contributed by atoms with Crippen LogP contribution in [-0.2, 0) is 0 Å². The van der Waals surface area contributed by atoms with E-state index >= 15 is 0 Å². The lowest BCUT2D eigenvalue weighted by Crippen LogP contribution is -2.29. The van der Waals surface area contributed by atoms with Crippen molar-refractivity contribution in [2.75, 3.05) is 0 Å². The van der Waals surface area contributed by atoms with Crippen LogP contribution in [0.1, 0.15) is 23.5 Å². The predicted octanol–water partition coefficient (Wildman–Crippen LogP) is 4.56. The molecule has 20 heavy (non-hydrogen) atoms. The Morgan fingerprint density at radius 2 is 2.05 bits per heavy atom. The van der Waals surface area contributed by atoms with Crippen molar-refractivity contribution in [3.8, 4) is 5.75 Å². The molecule has 0 saturated heterocycles. The minimum absolute atomic E-state index is 0.146. The molecule has 2 unspecified atom stereocenters. The lowest BCUT2D eigenvalue weighted by molar-refractivity contribution is 0.173. The molecule has 6 heteroatoms. The quantitative estimate of drug-likeness (QED) is 0.809. The van der Waals surface area contributed by atoms with E-state index in [1.807, 2.05) is 18.4 Å². The molecule has 1 aromatic carbocycles. The molecule has 0 aliphatic carbocycles. The molecule has 2 atom stereocenters. The van der Waals surface area contributed by atoms with Gasteiger partial charge in [0.2, 0.25) is 5.82 Å². The van der Waals surface area contributed by atoms with E-state index in [0.717, 1.165) is 16.5 Å². The van der Waals surface area contributed by atoms with Crippen LogP contribution in [0.3, 0.4) is 0 Å².